The molecule has 0 aliphatic rings. The minimum absolute atomic E-state index is 0.0797. The van der Waals surface area contributed by atoms with E-state index < -0.39 is 18.0 Å². The summed E-state index contributed by atoms with van der Waals surface area (Å²) in [5, 5.41) is 14.0. The Kier molecular flexibility index (Phi) is 5.26. The van der Waals surface area contributed by atoms with Gasteiger partial charge in [-0.15, -0.1) is 0 Å². The summed E-state index contributed by atoms with van der Waals surface area (Å²) in [7, 11) is 0. The molecule has 0 saturated carbocycles. The molecule has 2 aromatic rings. The molecule has 24 heavy (non-hydrogen) atoms. The number of ether oxygens (including phenoxy) is 1. The van der Waals surface area contributed by atoms with Gasteiger partial charge in [0.25, 0.3) is 5.91 Å². The van der Waals surface area contributed by atoms with E-state index in [-0.39, 0.29) is 11.5 Å². The van der Waals surface area contributed by atoms with Crippen LogP contribution in [0.4, 0.5) is 5.69 Å². The molecule has 1 aromatic carbocycles. The minimum Gasteiger partial charge on any atom is -0.618 e. The van der Waals surface area contributed by atoms with Crippen molar-refractivity contribution >= 4 is 23.3 Å². The molecule has 0 radical (unpaired) electrons. The topological polar surface area (TPSA) is 99.4 Å². The van der Waals surface area contributed by atoms with E-state index >= 15 is 0 Å². The van der Waals surface area contributed by atoms with Crippen molar-refractivity contribution in [1.82, 2.24) is 0 Å². The SMILES string of the molecule is CC(=O)c1ccc(NC(=O)[C@@H](C)OC(=O)c2cccc[n+]2[O-])cc1. The number of amides is 1. The summed E-state index contributed by atoms with van der Waals surface area (Å²) in [6, 6.07) is 10.6. The van der Waals surface area contributed by atoms with Gasteiger partial charge in [0, 0.05) is 23.4 Å². The summed E-state index contributed by atoms with van der Waals surface area (Å²) in [6.45, 7) is 2.84. The number of pyridine rings is 1. The number of nitrogens with zero attached hydrogens (tertiary/aromatic N) is 1. The van der Waals surface area contributed by atoms with Gasteiger partial charge in [-0.1, -0.05) is 0 Å². The van der Waals surface area contributed by atoms with E-state index in [1.807, 2.05) is 0 Å². The summed E-state index contributed by atoms with van der Waals surface area (Å²) in [5.41, 5.74) is 0.783. The van der Waals surface area contributed by atoms with Gasteiger partial charge < -0.3 is 15.3 Å². The molecule has 124 valence electrons. The van der Waals surface area contributed by atoms with Crippen molar-refractivity contribution in [2.45, 2.75) is 20.0 Å². The summed E-state index contributed by atoms with van der Waals surface area (Å²) in [5.74, 6) is -1.52. The first-order chi connectivity index (χ1) is 11.4. The molecule has 1 heterocycles. The van der Waals surface area contributed by atoms with Crippen LogP contribution in [0.15, 0.2) is 48.7 Å². The Bertz CT molecular complexity index is 771. The van der Waals surface area contributed by atoms with Crippen molar-refractivity contribution in [2.24, 2.45) is 0 Å². The fourth-order valence-corrected chi connectivity index (χ4v) is 1.89. The molecule has 1 aromatic heterocycles. The van der Waals surface area contributed by atoms with E-state index in [1.54, 1.807) is 24.3 Å². The van der Waals surface area contributed by atoms with E-state index in [9.17, 15) is 19.6 Å². The Balaban J connectivity index is 1.98. The lowest BCUT2D eigenvalue weighted by molar-refractivity contribution is -0.608. The Labute approximate surface area is 138 Å². The van der Waals surface area contributed by atoms with Gasteiger partial charge in [0.05, 0.1) is 0 Å². The van der Waals surface area contributed by atoms with Gasteiger partial charge in [-0.25, -0.2) is 4.79 Å². The van der Waals surface area contributed by atoms with Crippen LogP contribution in [0.1, 0.15) is 34.7 Å². The zero-order chi connectivity index (χ0) is 17.7. The Morgan fingerprint density at radius 3 is 2.38 bits per heavy atom. The van der Waals surface area contributed by atoms with Crippen molar-refractivity contribution in [2.75, 3.05) is 5.32 Å². The molecule has 0 fully saturated rings. The minimum atomic E-state index is -1.09. The Morgan fingerprint density at radius 2 is 1.79 bits per heavy atom. The van der Waals surface area contributed by atoms with E-state index in [1.165, 1.54) is 32.0 Å². The van der Waals surface area contributed by atoms with Gasteiger partial charge in [0.2, 0.25) is 0 Å². The smallest absolute Gasteiger partial charge is 0.405 e. The van der Waals surface area contributed by atoms with E-state index in [4.69, 9.17) is 4.74 Å². The molecule has 1 atom stereocenters. The van der Waals surface area contributed by atoms with Crippen molar-refractivity contribution in [3.63, 3.8) is 0 Å². The highest BCUT2D eigenvalue weighted by Crippen LogP contribution is 2.11. The Morgan fingerprint density at radius 1 is 1.12 bits per heavy atom. The van der Waals surface area contributed by atoms with Crippen LogP contribution >= 0.6 is 0 Å². The Hall–Kier alpha value is -3.22. The molecular weight excluding hydrogens is 312 g/mol. The van der Waals surface area contributed by atoms with Crippen LogP contribution in [-0.2, 0) is 9.53 Å². The maximum absolute atomic E-state index is 12.0. The molecule has 7 heteroatoms. The summed E-state index contributed by atoms with van der Waals surface area (Å²) in [6.07, 6.45) is 0.0722. The summed E-state index contributed by atoms with van der Waals surface area (Å²) < 4.78 is 5.36. The normalized spacial score (nSPS) is 11.4. The molecular formula is C17H16N2O5. The van der Waals surface area contributed by atoms with Gasteiger partial charge in [-0.2, -0.15) is 4.73 Å². The maximum Gasteiger partial charge on any atom is 0.405 e. The number of ketones is 1. The van der Waals surface area contributed by atoms with Crippen molar-refractivity contribution in [3.05, 3.63) is 65.1 Å². The molecule has 0 aliphatic carbocycles. The van der Waals surface area contributed by atoms with Crippen LogP contribution in [0.2, 0.25) is 0 Å². The number of rotatable bonds is 5. The highest BCUT2D eigenvalue weighted by Gasteiger charge is 2.23. The van der Waals surface area contributed by atoms with Crippen molar-refractivity contribution in [1.29, 1.82) is 0 Å². The number of aromatic nitrogens is 1. The number of nitrogens with one attached hydrogen (secondary N) is 1. The number of hydrogen-bond acceptors (Lipinski definition) is 5. The lowest BCUT2D eigenvalue weighted by atomic mass is 10.1. The molecule has 0 aliphatic heterocycles. The number of esters is 1. The lowest BCUT2D eigenvalue weighted by Gasteiger charge is -2.13. The third-order valence-electron chi connectivity index (χ3n) is 3.25. The van der Waals surface area contributed by atoms with Crippen LogP contribution in [0.3, 0.4) is 0 Å². The monoisotopic (exact) mass is 328 g/mol. The predicted molar refractivity (Wildman–Crippen MR) is 85.4 cm³/mol. The molecule has 0 spiro atoms. The molecule has 0 bridgehead atoms. The largest absolute Gasteiger partial charge is 0.618 e. The summed E-state index contributed by atoms with van der Waals surface area (Å²) in [4.78, 5) is 35.1. The number of carbonyl (C=O) groups is 3. The van der Waals surface area contributed by atoms with Crippen LogP contribution in [-0.4, -0.2) is 23.8 Å². The fourth-order valence-electron chi connectivity index (χ4n) is 1.89. The second-order valence-electron chi connectivity index (χ2n) is 5.08. The average Bonchev–Trinajstić information content (AvgIpc) is 2.55. The highest BCUT2D eigenvalue weighted by atomic mass is 16.6. The van der Waals surface area contributed by atoms with Crippen LogP contribution in [0.5, 0.6) is 0 Å². The maximum atomic E-state index is 12.0. The molecule has 0 unspecified atom stereocenters. The molecule has 2 rings (SSSR count). The van der Waals surface area contributed by atoms with Gasteiger partial charge in [0.1, 0.15) is 0 Å². The third kappa shape index (κ3) is 4.16. The van der Waals surface area contributed by atoms with Crippen LogP contribution < -0.4 is 10.0 Å². The van der Waals surface area contributed by atoms with Gasteiger partial charge >= 0.3 is 11.7 Å². The third-order valence-corrected chi connectivity index (χ3v) is 3.25. The van der Waals surface area contributed by atoms with Gasteiger partial charge in [-0.3, -0.25) is 9.59 Å². The predicted octanol–water partition coefficient (Wildman–Crippen LogP) is 1.71. The summed E-state index contributed by atoms with van der Waals surface area (Å²) >= 11 is 0. The highest BCUT2D eigenvalue weighted by molar-refractivity contribution is 5.98. The fraction of sp³-hybridized carbons (Fsp3) is 0.176. The first-order valence-corrected chi connectivity index (χ1v) is 7.19. The molecule has 1 N–H and O–H groups in total. The molecule has 7 nitrogen and oxygen atoms in total. The first kappa shape index (κ1) is 17.1. The molecule has 1 amide bonds. The zero-order valence-electron chi connectivity index (χ0n) is 13.2. The lowest BCUT2D eigenvalue weighted by Crippen LogP contribution is -2.37. The number of benzene rings is 1. The van der Waals surface area contributed by atoms with Gasteiger partial charge in [0.15, 0.2) is 18.1 Å². The molecule has 0 saturated heterocycles. The number of carbonyl (C=O) groups excluding carboxylic acids is 3. The van der Waals surface area contributed by atoms with Crippen LogP contribution in [0, 0.1) is 5.21 Å². The van der Waals surface area contributed by atoms with E-state index in [2.05, 4.69) is 5.32 Å². The first-order valence-electron chi connectivity index (χ1n) is 7.19. The number of hydrogen-bond donors (Lipinski definition) is 1. The second kappa shape index (κ2) is 7.36. The van der Waals surface area contributed by atoms with Crippen molar-refractivity contribution in [3.8, 4) is 0 Å². The van der Waals surface area contributed by atoms with E-state index in [0.717, 1.165) is 6.20 Å². The van der Waals surface area contributed by atoms with E-state index in [0.29, 0.717) is 16.0 Å². The standard InChI is InChI=1S/C17H16N2O5/c1-11(20)13-6-8-14(9-7-13)18-16(21)12(2)24-17(22)15-5-3-4-10-19(15)23/h3-10,12H,1-2H3,(H,18,21)/t12-/m1/s1. The second-order valence-corrected chi connectivity index (χ2v) is 5.08. The quantitative estimate of drug-likeness (QED) is 0.390. The number of Topliss-reactive ketones (excluding diaryl/α,β-unsaturated/α-hetero) is 1. The average molecular weight is 328 g/mol. The van der Waals surface area contributed by atoms with Crippen LogP contribution in [0.25, 0.3) is 0 Å². The van der Waals surface area contributed by atoms with Crippen molar-refractivity contribution < 1.29 is 23.9 Å². The zero-order valence-corrected chi connectivity index (χ0v) is 13.2. The number of anilines is 1. The van der Waals surface area contributed by atoms with Gasteiger partial charge in [-0.05, 0) is 44.2 Å².